The zero-order valence-corrected chi connectivity index (χ0v) is 16.3. The zero-order valence-electron chi connectivity index (χ0n) is 16.3. The van der Waals surface area contributed by atoms with Crippen molar-refractivity contribution in [1.29, 1.82) is 0 Å². The Balaban J connectivity index is 1.98. The van der Waals surface area contributed by atoms with Gasteiger partial charge in [0.05, 0.1) is 18.6 Å². The highest BCUT2D eigenvalue weighted by Crippen LogP contribution is 2.65. The summed E-state index contributed by atoms with van der Waals surface area (Å²) in [7, 11) is 1.45. The number of fused-ring (bicyclic) bond motifs is 3. The van der Waals surface area contributed by atoms with Crippen molar-refractivity contribution in [2.75, 3.05) is 7.11 Å². The second-order valence-corrected chi connectivity index (χ2v) is 9.19. The maximum absolute atomic E-state index is 12.6. The summed E-state index contributed by atoms with van der Waals surface area (Å²) in [5.74, 6) is -0.532. The number of methoxy groups -OCH3 is 1. The van der Waals surface area contributed by atoms with Crippen LogP contribution in [-0.2, 0) is 14.3 Å². The van der Waals surface area contributed by atoms with E-state index in [2.05, 4.69) is 13.8 Å². The summed E-state index contributed by atoms with van der Waals surface area (Å²) in [5, 5.41) is 20.2. The number of aliphatic hydroxyl groups excluding tert-OH is 1. The van der Waals surface area contributed by atoms with Gasteiger partial charge in [0, 0.05) is 6.08 Å². The van der Waals surface area contributed by atoms with Crippen LogP contribution in [0.1, 0.15) is 59.3 Å². The summed E-state index contributed by atoms with van der Waals surface area (Å²) in [4.78, 5) is 23.8. The fourth-order valence-electron chi connectivity index (χ4n) is 6.83. The van der Waals surface area contributed by atoms with Gasteiger partial charge in [-0.2, -0.15) is 0 Å². The molecule has 0 heterocycles. The van der Waals surface area contributed by atoms with Gasteiger partial charge in [-0.25, -0.2) is 4.79 Å². The first-order valence-electron chi connectivity index (χ1n) is 9.85. The molecule has 0 aliphatic heterocycles. The van der Waals surface area contributed by atoms with Crippen molar-refractivity contribution in [2.45, 2.75) is 65.4 Å². The molecule has 3 saturated carbocycles. The fraction of sp³-hybridized carbons (Fsp3) is 0.810. The average Bonchev–Trinajstić information content (AvgIpc) is 2.58. The Morgan fingerprint density at radius 1 is 1.27 bits per heavy atom. The van der Waals surface area contributed by atoms with Gasteiger partial charge < -0.3 is 14.9 Å². The van der Waals surface area contributed by atoms with Crippen molar-refractivity contribution in [3.8, 4) is 0 Å². The molecule has 5 nitrogen and oxygen atoms in total. The van der Waals surface area contributed by atoms with E-state index in [-0.39, 0.29) is 29.1 Å². The summed E-state index contributed by atoms with van der Waals surface area (Å²) in [6.07, 6.45) is 5.92. The minimum absolute atomic E-state index is 0.0197. The van der Waals surface area contributed by atoms with Gasteiger partial charge in [0.25, 0.3) is 0 Å². The number of hydrogen-bond donors (Lipinski definition) is 2. The number of aliphatic carboxylic acids is 1. The highest BCUT2D eigenvalue weighted by molar-refractivity contribution is 5.80. The number of carboxylic acid groups (broad SMARTS) is 1. The van der Waals surface area contributed by atoms with Gasteiger partial charge in [-0.15, -0.1) is 0 Å². The molecule has 0 aromatic carbocycles. The number of allylic oxidation sites excluding steroid dienone is 1. The molecule has 146 valence electrons. The van der Waals surface area contributed by atoms with Crippen LogP contribution in [0, 0.1) is 34.5 Å². The summed E-state index contributed by atoms with van der Waals surface area (Å²) >= 11 is 0. The predicted octanol–water partition coefficient (Wildman–Crippen LogP) is 3.41. The first kappa shape index (κ1) is 19.4. The lowest BCUT2D eigenvalue weighted by Gasteiger charge is -2.62. The number of aliphatic hydroxyl groups is 1. The van der Waals surface area contributed by atoms with Crippen molar-refractivity contribution >= 4 is 11.9 Å². The quantitative estimate of drug-likeness (QED) is 0.579. The van der Waals surface area contributed by atoms with Crippen LogP contribution in [0.15, 0.2) is 11.6 Å². The predicted molar refractivity (Wildman–Crippen MR) is 97.3 cm³/mol. The van der Waals surface area contributed by atoms with Crippen molar-refractivity contribution in [3.63, 3.8) is 0 Å². The van der Waals surface area contributed by atoms with Gasteiger partial charge in [-0.1, -0.05) is 25.8 Å². The van der Waals surface area contributed by atoms with E-state index in [4.69, 9.17) is 9.84 Å². The molecule has 0 saturated heterocycles. The third kappa shape index (κ3) is 2.79. The van der Waals surface area contributed by atoms with E-state index in [0.29, 0.717) is 12.3 Å². The van der Waals surface area contributed by atoms with Crippen LogP contribution in [0.5, 0.6) is 0 Å². The molecule has 0 spiro atoms. The van der Waals surface area contributed by atoms with E-state index in [1.165, 1.54) is 13.2 Å². The molecule has 26 heavy (non-hydrogen) atoms. The van der Waals surface area contributed by atoms with E-state index in [1.54, 1.807) is 0 Å². The number of ether oxygens (including phenoxy) is 1. The third-order valence-electron chi connectivity index (χ3n) is 8.08. The van der Waals surface area contributed by atoms with Crippen molar-refractivity contribution in [1.82, 2.24) is 0 Å². The Morgan fingerprint density at radius 2 is 1.96 bits per heavy atom. The second-order valence-electron chi connectivity index (χ2n) is 9.19. The van der Waals surface area contributed by atoms with Crippen LogP contribution in [0.3, 0.4) is 0 Å². The molecule has 5 heteroatoms. The number of carbonyl (C=O) groups excluding carboxylic acids is 1. The van der Waals surface area contributed by atoms with Crippen molar-refractivity contribution < 1.29 is 24.5 Å². The topological polar surface area (TPSA) is 83.8 Å². The van der Waals surface area contributed by atoms with Gasteiger partial charge in [-0.3, -0.25) is 4.79 Å². The lowest BCUT2D eigenvalue weighted by atomic mass is 9.42. The van der Waals surface area contributed by atoms with E-state index in [1.807, 2.05) is 6.92 Å². The summed E-state index contributed by atoms with van der Waals surface area (Å²) in [6, 6.07) is 0. The Kier molecular flexibility index (Phi) is 4.97. The van der Waals surface area contributed by atoms with Crippen LogP contribution < -0.4 is 0 Å². The highest BCUT2D eigenvalue weighted by Gasteiger charge is 2.62. The molecule has 3 aliphatic rings. The third-order valence-corrected chi connectivity index (χ3v) is 8.08. The molecule has 0 bridgehead atoms. The summed E-state index contributed by atoms with van der Waals surface area (Å²) in [5.41, 5.74) is 0.369. The fourth-order valence-corrected chi connectivity index (χ4v) is 6.83. The SMILES string of the molecule is COC(=O)C1(C)CCCC2(C)C3CCC(=CC(=O)O)C(C)C3C(O)CC12. The molecule has 0 aromatic heterocycles. The van der Waals surface area contributed by atoms with Crippen LogP contribution in [0.4, 0.5) is 0 Å². The lowest BCUT2D eigenvalue weighted by Crippen LogP contribution is -2.60. The molecule has 0 aromatic rings. The Hall–Kier alpha value is -1.36. The lowest BCUT2D eigenvalue weighted by molar-refractivity contribution is -0.189. The zero-order chi connectivity index (χ0) is 19.3. The Bertz CT molecular complexity index is 626. The maximum Gasteiger partial charge on any atom is 0.328 e. The molecular formula is C21H32O5. The monoisotopic (exact) mass is 364 g/mol. The van der Waals surface area contributed by atoms with Gasteiger partial charge in [0.2, 0.25) is 0 Å². The molecule has 0 amide bonds. The van der Waals surface area contributed by atoms with Crippen molar-refractivity contribution in [3.05, 3.63) is 11.6 Å². The molecule has 7 unspecified atom stereocenters. The van der Waals surface area contributed by atoms with E-state index >= 15 is 0 Å². The Labute approximate surface area is 155 Å². The number of carboxylic acids is 1. The van der Waals surface area contributed by atoms with Crippen LogP contribution in [0.2, 0.25) is 0 Å². The molecule has 3 aliphatic carbocycles. The minimum atomic E-state index is -0.907. The largest absolute Gasteiger partial charge is 0.478 e. The van der Waals surface area contributed by atoms with E-state index in [0.717, 1.165) is 37.7 Å². The second kappa shape index (κ2) is 6.66. The summed E-state index contributed by atoms with van der Waals surface area (Å²) in [6.45, 7) is 6.36. The van der Waals surface area contributed by atoms with Crippen LogP contribution in [0.25, 0.3) is 0 Å². The number of rotatable bonds is 2. The van der Waals surface area contributed by atoms with E-state index < -0.39 is 17.5 Å². The van der Waals surface area contributed by atoms with E-state index in [9.17, 15) is 14.7 Å². The van der Waals surface area contributed by atoms with Crippen molar-refractivity contribution in [2.24, 2.45) is 34.5 Å². The standard InChI is InChI=1S/C21H32O5/c1-12-13(10-17(23)24)6-7-14-18(12)15(22)11-16-20(14,2)8-5-9-21(16,3)19(25)26-4/h10,12,14-16,18,22H,5-9,11H2,1-4H3,(H,23,24). The first-order chi connectivity index (χ1) is 12.1. The molecule has 3 rings (SSSR count). The summed E-state index contributed by atoms with van der Waals surface area (Å²) < 4.78 is 5.14. The molecule has 7 atom stereocenters. The first-order valence-corrected chi connectivity index (χ1v) is 9.85. The van der Waals surface area contributed by atoms with Gasteiger partial charge in [0.15, 0.2) is 0 Å². The number of hydrogen-bond acceptors (Lipinski definition) is 4. The number of esters is 1. The Morgan fingerprint density at radius 3 is 2.58 bits per heavy atom. The minimum Gasteiger partial charge on any atom is -0.478 e. The molecule has 2 N–H and O–H groups in total. The van der Waals surface area contributed by atoms with Gasteiger partial charge in [-0.05, 0) is 68.1 Å². The van der Waals surface area contributed by atoms with Crippen LogP contribution >= 0.6 is 0 Å². The smallest absolute Gasteiger partial charge is 0.328 e. The van der Waals surface area contributed by atoms with Crippen LogP contribution in [-0.4, -0.2) is 35.4 Å². The molecular weight excluding hydrogens is 332 g/mol. The van der Waals surface area contributed by atoms with Gasteiger partial charge >= 0.3 is 11.9 Å². The molecule has 0 radical (unpaired) electrons. The average molecular weight is 364 g/mol. The maximum atomic E-state index is 12.6. The number of carbonyl (C=O) groups is 2. The highest BCUT2D eigenvalue weighted by atomic mass is 16.5. The normalized spacial score (nSPS) is 47.0. The van der Waals surface area contributed by atoms with Gasteiger partial charge in [0.1, 0.15) is 0 Å². The molecule has 3 fully saturated rings.